The summed E-state index contributed by atoms with van der Waals surface area (Å²) in [6, 6.07) is -0.706. The van der Waals surface area contributed by atoms with Crippen molar-refractivity contribution < 1.29 is 24.5 Å². The van der Waals surface area contributed by atoms with Gasteiger partial charge in [0.05, 0.1) is 25.2 Å². The van der Waals surface area contributed by atoms with Crippen LogP contribution in [0.2, 0.25) is 0 Å². The van der Waals surface area contributed by atoms with Crippen molar-refractivity contribution in [3.63, 3.8) is 0 Å². The molecule has 0 spiro atoms. The zero-order chi connectivity index (χ0) is 44.5. The third-order valence-corrected chi connectivity index (χ3v) is 12.2. The number of aliphatic hydroxyl groups is 2. The Morgan fingerprint density at radius 3 is 1.36 bits per heavy atom. The molecule has 6 nitrogen and oxygen atoms in total. The normalized spacial score (nSPS) is 13.5. The van der Waals surface area contributed by atoms with Gasteiger partial charge < -0.3 is 20.3 Å². The molecule has 0 saturated carbocycles. The second kappa shape index (κ2) is 49.1. The molecule has 1 amide bonds. The van der Waals surface area contributed by atoms with Crippen LogP contribution in [-0.2, 0) is 14.3 Å². The van der Waals surface area contributed by atoms with Gasteiger partial charge in [-0.3, -0.25) is 9.59 Å². The van der Waals surface area contributed by atoms with Crippen LogP contribution < -0.4 is 5.32 Å². The molecular formula is C55H103NO5. The van der Waals surface area contributed by atoms with Crippen molar-refractivity contribution in [3.05, 3.63) is 36.5 Å². The van der Waals surface area contributed by atoms with Gasteiger partial charge >= 0.3 is 5.97 Å². The average Bonchev–Trinajstić information content (AvgIpc) is 3.25. The largest absolute Gasteiger partial charge is 0.462 e. The Morgan fingerprint density at radius 2 is 0.869 bits per heavy atom. The minimum absolute atomic E-state index is 0.0669. The first kappa shape index (κ1) is 59.1. The van der Waals surface area contributed by atoms with Gasteiger partial charge in [-0.05, 0) is 77.0 Å². The zero-order valence-corrected chi connectivity index (χ0v) is 40.8. The molecule has 0 saturated heterocycles. The third kappa shape index (κ3) is 44.5. The number of nitrogens with one attached hydrogen (secondary N) is 1. The quantitative estimate of drug-likeness (QED) is 0.0322. The van der Waals surface area contributed by atoms with Crippen molar-refractivity contribution in [2.45, 2.75) is 296 Å². The van der Waals surface area contributed by atoms with Gasteiger partial charge in [-0.1, -0.05) is 224 Å². The first-order valence-corrected chi connectivity index (χ1v) is 26.7. The highest BCUT2D eigenvalue weighted by molar-refractivity contribution is 5.77. The zero-order valence-electron chi connectivity index (χ0n) is 40.8. The summed E-state index contributed by atoms with van der Waals surface area (Å²) in [5.74, 6) is -0.491. The van der Waals surface area contributed by atoms with Gasteiger partial charge in [-0.15, -0.1) is 0 Å². The molecular weight excluding hydrogens is 755 g/mol. The highest BCUT2D eigenvalue weighted by Gasteiger charge is 2.24. The van der Waals surface area contributed by atoms with Crippen LogP contribution in [0.1, 0.15) is 278 Å². The molecule has 0 aliphatic carbocycles. The Hall–Kier alpha value is -1.92. The lowest BCUT2D eigenvalue weighted by Gasteiger charge is -2.24. The van der Waals surface area contributed by atoms with Crippen LogP contribution in [0, 0.1) is 0 Å². The van der Waals surface area contributed by atoms with E-state index in [1.807, 2.05) is 0 Å². The van der Waals surface area contributed by atoms with E-state index in [9.17, 15) is 19.8 Å². The molecule has 3 N–H and O–H groups in total. The molecule has 0 aromatic heterocycles. The van der Waals surface area contributed by atoms with Crippen LogP contribution in [0.4, 0.5) is 0 Å². The van der Waals surface area contributed by atoms with Gasteiger partial charge in [0.25, 0.3) is 0 Å². The Bertz CT molecular complexity index is 1010. The van der Waals surface area contributed by atoms with E-state index >= 15 is 0 Å². The maximum Gasteiger partial charge on any atom is 0.306 e. The molecule has 0 fully saturated rings. The van der Waals surface area contributed by atoms with E-state index in [0.29, 0.717) is 19.3 Å². The summed E-state index contributed by atoms with van der Waals surface area (Å²) in [4.78, 5) is 26.1. The van der Waals surface area contributed by atoms with E-state index in [4.69, 9.17) is 4.74 Å². The molecule has 0 radical (unpaired) electrons. The highest BCUT2D eigenvalue weighted by atomic mass is 16.5. The third-order valence-electron chi connectivity index (χ3n) is 12.2. The highest BCUT2D eigenvalue weighted by Crippen LogP contribution is 2.18. The first-order valence-electron chi connectivity index (χ1n) is 26.7. The van der Waals surface area contributed by atoms with E-state index in [2.05, 4.69) is 62.5 Å². The topological polar surface area (TPSA) is 95.9 Å². The maximum absolute atomic E-state index is 13.2. The summed E-state index contributed by atoms with van der Waals surface area (Å²) in [5, 5.41) is 23.8. The fraction of sp³-hybridized carbons (Fsp3) is 0.855. The molecule has 0 bridgehead atoms. The van der Waals surface area contributed by atoms with Gasteiger partial charge in [0, 0.05) is 6.42 Å². The van der Waals surface area contributed by atoms with Crippen molar-refractivity contribution in [1.82, 2.24) is 5.32 Å². The van der Waals surface area contributed by atoms with E-state index in [-0.39, 0.29) is 24.9 Å². The summed E-state index contributed by atoms with van der Waals surface area (Å²) >= 11 is 0. The van der Waals surface area contributed by atoms with Crippen LogP contribution in [0.25, 0.3) is 0 Å². The van der Waals surface area contributed by atoms with E-state index in [0.717, 1.165) is 77.0 Å². The number of hydrogen-bond donors (Lipinski definition) is 3. The number of esters is 1. The molecule has 0 rings (SSSR count). The van der Waals surface area contributed by atoms with E-state index in [1.165, 1.54) is 154 Å². The SMILES string of the molecule is CCC/C=C\CCCCCCCC(=O)OC(CCCCCCC/C=C\C/C=C\CCCCC)CC(=O)NC(CO)C(O)CCCCCCCCCCCCCCCCCCC. The average molecular weight is 858 g/mol. The minimum atomic E-state index is -0.791. The van der Waals surface area contributed by atoms with Crippen LogP contribution in [0.5, 0.6) is 0 Å². The molecule has 6 heteroatoms. The van der Waals surface area contributed by atoms with Crippen LogP contribution in [0.15, 0.2) is 36.5 Å². The molecule has 358 valence electrons. The molecule has 3 atom stereocenters. The van der Waals surface area contributed by atoms with Crippen molar-refractivity contribution in [2.75, 3.05) is 6.61 Å². The van der Waals surface area contributed by atoms with Gasteiger partial charge in [0.2, 0.25) is 5.91 Å². The summed E-state index contributed by atoms with van der Waals surface area (Å²) in [6.07, 6.45) is 57.8. The predicted octanol–water partition coefficient (Wildman–Crippen LogP) is 16.1. The lowest BCUT2D eigenvalue weighted by Crippen LogP contribution is -2.46. The van der Waals surface area contributed by atoms with Gasteiger partial charge in [-0.2, -0.15) is 0 Å². The number of rotatable bonds is 48. The lowest BCUT2D eigenvalue weighted by molar-refractivity contribution is -0.151. The fourth-order valence-electron chi connectivity index (χ4n) is 8.11. The summed E-state index contributed by atoms with van der Waals surface area (Å²) < 4.78 is 5.92. The second-order valence-electron chi connectivity index (χ2n) is 18.3. The van der Waals surface area contributed by atoms with Gasteiger partial charge in [0.15, 0.2) is 0 Å². The maximum atomic E-state index is 13.2. The monoisotopic (exact) mass is 858 g/mol. The van der Waals surface area contributed by atoms with Crippen LogP contribution >= 0.6 is 0 Å². The number of carbonyl (C=O) groups excluding carboxylic acids is 2. The van der Waals surface area contributed by atoms with Crippen molar-refractivity contribution >= 4 is 11.9 Å². The van der Waals surface area contributed by atoms with Gasteiger partial charge in [0.1, 0.15) is 6.10 Å². The van der Waals surface area contributed by atoms with Crippen molar-refractivity contribution in [3.8, 4) is 0 Å². The van der Waals surface area contributed by atoms with E-state index < -0.39 is 18.2 Å². The number of allylic oxidation sites excluding steroid dienone is 6. The summed E-state index contributed by atoms with van der Waals surface area (Å²) in [5.41, 5.74) is 0. The number of hydrogen-bond acceptors (Lipinski definition) is 5. The second-order valence-corrected chi connectivity index (χ2v) is 18.3. The Kier molecular flexibility index (Phi) is 47.6. The standard InChI is InChI=1S/C55H103NO5/c1-4-7-10-13-16-19-22-24-26-27-29-31-33-35-38-41-44-47-53(58)52(50-57)56-54(59)49-51(61-55(60)48-45-42-39-36-21-18-15-12-9-6-3)46-43-40-37-34-32-30-28-25-23-20-17-14-11-8-5-2/h12,15,17,20,25,28,51-53,57-58H,4-11,13-14,16,18-19,21-24,26-27,29-50H2,1-3H3,(H,56,59)/b15-12-,20-17-,28-25-. The predicted molar refractivity (Wildman–Crippen MR) is 264 cm³/mol. The Morgan fingerprint density at radius 1 is 0.475 bits per heavy atom. The Balaban J connectivity index is 4.50. The fourth-order valence-corrected chi connectivity index (χ4v) is 8.11. The first-order chi connectivity index (χ1) is 30.0. The lowest BCUT2D eigenvalue weighted by atomic mass is 10.0. The summed E-state index contributed by atoms with van der Waals surface area (Å²) in [7, 11) is 0. The van der Waals surface area contributed by atoms with Gasteiger partial charge in [-0.25, -0.2) is 0 Å². The molecule has 0 heterocycles. The molecule has 0 aromatic carbocycles. The number of ether oxygens (including phenoxy) is 1. The molecule has 0 aliphatic heterocycles. The number of unbranched alkanes of at least 4 members (excludes halogenated alkanes) is 30. The molecule has 0 aromatic rings. The number of aliphatic hydroxyl groups excluding tert-OH is 2. The molecule has 61 heavy (non-hydrogen) atoms. The van der Waals surface area contributed by atoms with Crippen molar-refractivity contribution in [2.24, 2.45) is 0 Å². The molecule has 0 aliphatic rings. The van der Waals surface area contributed by atoms with Crippen LogP contribution in [-0.4, -0.2) is 46.9 Å². The molecule has 3 unspecified atom stereocenters. The minimum Gasteiger partial charge on any atom is -0.462 e. The number of amides is 1. The summed E-state index contributed by atoms with van der Waals surface area (Å²) in [6.45, 7) is 6.41. The van der Waals surface area contributed by atoms with Crippen molar-refractivity contribution in [1.29, 1.82) is 0 Å². The number of carbonyl (C=O) groups is 2. The van der Waals surface area contributed by atoms with E-state index in [1.54, 1.807) is 0 Å². The Labute approximate surface area is 379 Å². The van der Waals surface area contributed by atoms with Crippen LogP contribution in [0.3, 0.4) is 0 Å². The smallest absolute Gasteiger partial charge is 0.306 e.